The molecule has 1 saturated heterocycles. The van der Waals surface area contributed by atoms with Crippen LogP contribution in [0.4, 0.5) is 0 Å². The van der Waals surface area contributed by atoms with Crippen molar-refractivity contribution in [3.8, 4) is 11.5 Å². The molecule has 1 aliphatic heterocycles. The summed E-state index contributed by atoms with van der Waals surface area (Å²) >= 11 is 0. The van der Waals surface area contributed by atoms with Crippen LogP contribution in [0.5, 0.6) is 11.5 Å². The number of ether oxygens (including phenoxy) is 2. The molecule has 0 radical (unpaired) electrons. The second-order valence-corrected chi connectivity index (χ2v) is 5.47. The second-order valence-electron chi connectivity index (χ2n) is 5.47. The lowest BCUT2D eigenvalue weighted by atomic mass is 10.1. The Kier molecular flexibility index (Phi) is 5.44. The lowest BCUT2D eigenvalue weighted by molar-refractivity contribution is 0.0897. The first-order valence-corrected chi connectivity index (χ1v) is 7.39. The highest BCUT2D eigenvalue weighted by Gasteiger charge is 2.18. The van der Waals surface area contributed by atoms with Crippen LogP contribution in [-0.4, -0.2) is 36.9 Å². The maximum atomic E-state index is 12.1. The van der Waals surface area contributed by atoms with Gasteiger partial charge in [-0.25, -0.2) is 0 Å². The Bertz CT molecular complexity index is 483. The number of aromatic hydroxyl groups is 1. The van der Waals surface area contributed by atoms with Crippen molar-refractivity contribution in [2.75, 3.05) is 13.7 Å². The van der Waals surface area contributed by atoms with Crippen molar-refractivity contribution in [1.29, 1.82) is 0 Å². The first-order valence-electron chi connectivity index (χ1n) is 7.39. The van der Waals surface area contributed by atoms with Crippen LogP contribution in [0.25, 0.3) is 0 Å². The number of rotatable bonds is 6. The van der Waals surface area contributed by atoms with E-state index in [1.54, 1.807) is 12.1 Å². The van der Waals surface area contributed by atoms with Gasteiger partial charge in [-0.2, -0.15) is 0 Å². The summed E-state index contributed by atoms with van der Waals surface area (Å²) < 4.78 is 10.6. The zero-order valence-corrected chi connectivity index (χ0v) is 12.6. The average Bonchev–Trinajstić information content (AvgIpc) is 2.98. The SMILES string of the molecule is COc1ccc(C(=O)NC(C)CCC2CCCO2)c(O)c1. The first kappa shape index (κ1) is 15.6. The molecule has 2 atom stereocenters. The quantitative estimate of drug-likeness (QED) is 0.845. The van der Waals surface area contributed by atoms with E-state index in [0.29, 0.717) is 11.9 Å². The fourth-order valence-electron chi connectivity index (χ4n) is 2.51. The highest BCUT2D eigenvalue weighted by molar-refractivity contribution is 5.97. The molecule has 116 valence electrons. The minimum absolute atomic E-state index is 0.0446. The van der Waals surface area contributed by atoms with Gasteiger partial charge >= 0.3 is 0 Å². The number of benzene rings is 1. The van der Waals surface area contributed by atoms with Gasteiger partial charge in [0, 0.05) is 18.7 Å². The Labute approximate surface area is 125 Å². The van der Waals surface area contributed by atoms with Gasteiger partial charge in [0.1, 0.15) is 11.5 Å². The predicted molar refractivity (Wildman–Crippen MR) is 79.8 cm³/mol. The minimum atomic E-state index is -0.269. The Morgan fingerprint density at radius 1 is 1.57 bits per heavy atom. The van der Waals surface area contributed by atoms with Crippen molar-refractivity contribution >= 4 is 5.91 Å². The van der Waals surface area contributed by atoms with Crippen molar-refractivity contribution in [2.45, 2.75) is 44.8 Å². The monoisotopic (exact) mass is 293 g/mol. The van der Waals surface area contributed by atoms with Crippen molar-refractivity contribution in [3.05, 3.63) is 23.8 Å². The summed E-state index contributed by atoms with van der Waals surface area (Å²) in [5, 5.41) is 12.8. The molecule has 1 amide bonds. The van der Waals surface area contributed by atoms with Gasteiger partial charge in [0.15, 0.2) is 0 Å². The van der Waals surface area contributed by atoms with Gasteiger partial charge in [-0.1, -0.05) is 0 Å². The average molecular weight is 293 g/mol. The fraction of sp³-hybridized carbons (Fsp3) is 0.562. The number of carbonyl (C=O) groups is 1. The number of hydrogen-bond donors (Lipinski definition) is 2. The zero-order valence-electron chi connectivity index (χ0n) is 12.6. The van der Waals surface area contributed by atoms with Crippen LogP contribution in [0.15, 0.2) is 18.2 Å². The highest BCUT2D eigenvalue weighted by atomic mass is 16.5. The molecular weight excluding hydrogens is 270 g/mol. The van der Waals surface area contributed by atoms with E-state index in [4.69, 9.17) is 9.47 Å². The summed E-state index contributed by atoms with van der Waals surface area (Å²) in [6, 6.07) is 4.71. The zero-order chi connectivity index (χ0) is 15.2. The molecule has 2 rings (SSSR count). The third-order valence-corrected chi connectivity index (χ3v) is 3.77. The summed E-state index contributed by atoms with van der Waals surface area (Å²) in [4.78, 5) is 12.1. The molecule has 1 aromatic carbocycles. The molecule has 1 aromatic rings. The van der Waals surface area contributed by atoms with E-state index in [-0.39, 0.29) is 23.3 Å². The van der Waals surface area contributed by atoms with Crippen molar-refractivity contribution in [3.63, 3.8) is 0 Å². The maximum absolute atomic E-state index is 12.1. The number of hydrogen-bond acceptors (Lipinski definition) is 4. The number of phenolic OH excluding ortho intramolecular Hbond substituents is 1. The van der Waals surface area contributed by atoms with Crippen LogP contribution in [-0.2, 0) is 4.74 Å². The number of methoxy groups -OCH3 is 1. The van der Waals surface area contributed by atoms with Gasteiger partial charge in [0.2, 0.25) is 0 Å². The van der Waals surface area contributed by atoms with Crippen LogP contribution >= 0.6 is 0 Å². The molecule has 0 aromatic heterocycles. The van der Waals surface area contributed by atoms with E-state index < -0.39 is 0 Å². The number of nitrogens with one attached hydrogen (secondary N) is 1. The van der Waals surface area contributed by atoms with E-state index in [0.717, 1.165) is 32.3 Å². The number of carbonyl (C=O) groups excluding carboxylic acids is 1. The second kappa shape index (κ2) is 7.31. The molecule has 2 N–H and O–H groups in total. The van der Waals surface area contributed by atoms with E-state index in [9.17, 15) is 9.90 Å². The largest absolute Gasteiger partial charge is 0.507 e. The molecule has 0 saturated carbocycles. The van der Waals surface area contributed by atoms with Gasteiger partial charge in [-0.3, -0.25) is 4.79 Å². The van der Waals surface area contributed by atoms with E-state index in [1.165, 1.54) is 13.2 Å². The molecule has 21 heavy (non-hydrogen) atoms. The summed E-state index contributed by atoms with van der Waals surface area (Å²) in [5.41, 5.74) is 0.264. The van der Waals surface area contributed by atoms with Crippen LogP contribution in [0.1, 0.15) is 43.0 Å². The Balaban J connectivity index is 1.85. The maximum Gasteiger partial charge on any atom is 0.255 e. The minimum Gasteiger partial charge on any atom is -0.507 e. The molecule has 0 aliphatic carbocycles. The fourth-order valence-corrected chi connectivity index (χ4v) is 2.51. The van der Waals surface area contributed by atoms with Crippen LogP contribution < -0.4 is 10.1 Å². The molecule has 1 heterocycles. The molecule has 5 nitrogen and oxygen atoms in total. The molecule has 1 fully saturated rings. The summed E-state index contributed by atoms with van der Waals surface area (Å²) in [6.07, 6.45) is 4.40. The standard InChI is InChI=1S/C16H23NO4/c1-11(5-6-12-4-3-9-21-12)17-16(19)14-8-7-13(20-2)10-15(14)18/h7-8,10-12,18H,3-6,9H2,1-2H3,(H,17,19). The summed E-state index contributed by atoms with van der Waals surface area (Å²) in [6.45, 7) is 2.82. The molecular formula is C16H23NO4. The van der Waals surface area contributed by atoms with Gasteiger partial charge in [0.05, 0.1) is 18.8 Å². The third kappa shape index (κ3) is 4.36. The lowest BCUT2D eigenvalue weighted by Crippen LogP contribution is -2.33. The summed E-state index contributed by atoms with van der Waals surface area (Å²) in [5.74, 6) is 0.184. The predicted octanol–water partition coefficient (Wildman–Crippen LogP) is 2.48. The normalized spacial score (nSPS) is 19.2. The van der Waals surface area contributed by atoms with E-state index in [2.05, 4.69) is 5.32 Å². The van der Waals surface area contributed by atoms with E-state index in [1.807, 2.05) is 6.92 Å². The van der Waals surface area contributed by atoms with Gasteiger partial charge < -0.3 is 19.9 Å². The van der Waals surface area contributed by atoms with E-state index >= 15 is 0 Å². The Hall–Kier alpha value is -1.75. The van der Waals surface area contributed by atoms with Crippen LogP contribution in [0.2, 0.25) is 0 Å². The molecule has 1 aliphatic rings. The Morgan fingerprint density at radius 3 is 3.00 bits per heavy atom. The van der Waals surface area contributed by atoms with Crippen molar-refractivity contribution in [1.82, 2.24) is 5.32 Å². The smallest absolute Gasteiger partial charge is 0.255 e. The number of phenols is 1. The molecule has 2 unspecified atom stereocenters. The van der Waals surface area contributed by atoms with Crippen molar-refractivity contribution < 1.29 is 19.4 Å². The summed E-state index contributed by atoms with van der Waals surface area (Å²) in [7, 11) is 1.52. The molecule has 0 bridgehead atoms. The van der Waals surface area contributed by atoms with Crippen molar-refractivity contribution in [2.24, 2.45) is 0 Å². The first-order chi connectivity index (χ1) is 10.1. The van der Waals surface area contributed by atoms with Gasteiger partial charge in [-0.05, 0) is 44.7 Å². The third-order valence-electron chi connectivity index (χ3n) is 3.77. The topological polar surface area (TPSA) is 67.8 Å². The van der Waals surface area contributed by atoms with Gasteiger partial charge in [-0.15, -0.1) is 0 Å². The van der Waals surface area contributed by atoms with Gasteiger partial charge in [0.25, 0.3) is 5.91 Å². The van der Waals surface area contributed by atoms with Crippen LogP contribution in [0, 0.1) is 0 Å². The Morgan fingerprint density at radius 2 is 2.38 bits per heavy atom. The lowest BCUT2D eigenvalue weighted by Gasteiger charge is -2.16. The number of amides is 1. The highest BCUT2D eigenvalue weighted by Crippen LogP contribution is 2.23. The molecule has 5 heteroatoms. The molecule has 0 spiro atoms. The van der Waals surface area contributed by atoms with Crippen LogP contribution in [0.3, 0.4) is 0 Å².